The number of thiazole rings is 1. The van der Waals surface area contributed by atoms with Gasteiger partial charge in [-0.3, -0.25) is 0 Å². The second kappa shape index (κ2) is 7.43. The minimum atomic E-state index is -3.86. The second-order valence-corrected chi connectivity index (χ2v) is 9.64. The third-order valence-corrected chi connectivity index (χ3v) is 7.62. The third kappa shape index (κ3) is 3.52. The van der Waals surface area contributed by atoms with Gasteiger partial charge in [0, 0.05) is 18.7 Å². The molecule has 0 spiro atoms. The van der Waals surface area contributed by atoms with Gasteiger partial charge >= 0.3 is 0 Å². The van der Waals surface area contributed by atoms with Crippen LogP contribution in [-0.2, 0) is 16.6 Å². The molecule has 10 heteroatoms. The fraction of sp³-hybridized carbons (Fsp3) is 0.188. The van der Waals surface area contributed by atoms with Crippen LogP contribution in [0.1, 0.15) is 0 Å². The van der Waals surface area contributed by atoms with E-state index in [0.29, 0.717) is 27.2 Å². The lowest BCUT2D eigenvalue weighted by molar-refractivity contribution is 0.355. The lowest BCUT2D eigenvalue weighted by Gasteiger charge is -2.08. The Morgan fingerprint density at radius 3 is 2.50 bits per heavy atom. The van der Waals surface area contributed by atoms with Crippen LogP contribution in [0.2, 0.25) is 4.34 Å². The van der Waals surface area contributed by atoms with E-state index in [1.54, 1.807) is 37.0 Å². The molecular weight excluding hydrogens is 416 g/mol. The number of aromatic nitrogens is 1. The molecule has 1 aromatic carbocycles. The number of ether oxygens (including phenoxy) is 2. The van der Waals surface area contributed by atoms with Gasteiger partial charge in [-0.25, -0.2) is 0 Å². The molecule has 0 aliphatic rings. The summed E-state index contributed by atoms with van der Waals surface area (Å²) >= 11 is 8.07. The lowest BCUT2D eigenvalue weighted by atomic mass is 10.3. The largest absolute Gasteiger partial charge is 0.493 e. The number of nitrogens with zero attached hydrogens (tertiary/aromatic N) is 2. The molecule has 0 saturated carbocycles. The van der Waals surface area contributed by atoms with Crippen molar-refractivity contribution >= 4 is 54.5 Å². The molecule has 0 fully saturated rings. The van der Waals surface area contributed by atoms with Crippen LogP contribution in [-0.4, -0.2) is 27.2 Å². The Balaban J connectivity index is 2.28. The number of allylic oxidation sites excluding steroid dienone is 1. The zero-order valence-electron chi connectivity index (χ0n) is 13.9. The summed E-state index contributed by atoms with van der Waals surface area (Å²) in [5, 5.41) is 0. The molecule has 0 bridgehead atoms. The molecule has 138 valence electrons. The summed E-state index contributed by atoms with van der Waals surface area (Å²) in [6.45, 7) is 4.14. The molecule has 0 amide bonds. The number of benzene rings is 1. The summed E-state index contributed by atoms with van der Waals surface area (Å²) in [5.74, 6) is 1.11. The number of thiophene rings is 1. The van der Waals surface area contributed by atoms with Crippen molar-refractivity contribution in [2.24, 2.45) is 4.40 Å². The minimum absolute atomic E-state index is 0.0975. The maximum absolute atomic E-state index is 12.6. The molecule has 6 nitrogen and oxygen atoms in total. The van der Waals surface area contributed by atoms with Crippen LogP contribution in [0.25, 0.3) is 10.2 Å². The Morgan fingerprint density at radius 1 is 1.23 bits per heavy atom. The number of hydrogen-bond donors (Lipinski definition) is 0. The summed E-state index contributed by atoms with van der Waals surface area (Å²) in [5.41, 5.74) is 0.783. The van der Waals surface area contributed by atoms with Crippen LogP contribution in [0, 0.1) is 0 Å². The Labute approximate surface area is 163 Å². The maximum Gasteiger partial charge on any atom is 0.294 e. The Hall–Kier alpha value is -1.81. The highest BCUT2D eigenvalue weighted by Gasteiger charge is 2.18. The summed E-state index contributed by atoms with van der Waals surface area (Å²) < 4.78 is 42.9. The minimum Gasteiger partial charge on any atom is -0.493 e. The van der Waals surface area contributed by atoms with Crippen LogP contribution in [0.5, 0.6) is 11.5 Å². The van der Waals surface area contributed by atoms with Gasteiger partial charge in [-0.15, -0.1) is 22.3 Å². The molecule has 26 heavy (non-hydrogen) atoms. The normalized spacial score (nSPS) is 12.5. The van der Waals surface area contributed by atoms with E-state index in [0.717, 1.165) is 21.6 Å². The quantitative estimate of drug-likeness (QED) is 0.556. The zero-order chi connectivity index (χ0) is 18.9. The van der Waals surface area contributed by atoms with Gasteiger partial charge in [0.2, 0.25) is 4.80 Å². The predicted molar refractivity (Wildman–Crippen MR) is 105 cm³/mol. The molecule has 0 radical (unpaired) electrons. The third-order valence-electron chi connectivity index (χ3n) is 3.50. The van der Waals surface area contributed by atoms with Crippen molar-refractivity contribution in [1.29, 1.82) is 0 Å². The van der Waals surface area contributed by atoms with Crippen LogP contribution in [0.4, 0.5) is 0 Å². The first-order chi connectivity index (χ1) is 12.4. The highest BCUT2D eigenvalue weighted by molar-refractivity contribution is 7.92. The molecule has 0 unspecified atom stereocenters. The molecular formula is C16H15ClN2O4S3. The van der Waals surface area contributed by atoms with Crippen molar-refractivity contribution < 1.29 is 17.9 Å². The predicted octanol–water partition coefficient (Wildman–Crippen LogP) is 3.91. The molecule has 2 aromatic heterocycles. The van der Waals surface area contributed by atoms with Gasteiger partial charge < -0.3 is 14.0 Å². The first-order valence-electron chi connectivity index (χ1n) is 7.32. The van der Waals surface area contributed by atoms with E-state index in [4.69, 9.17) is 21.1 Å². The summed E-state index contributed by atoms with van der Waals surface area (Å²) in [6.07, 6.45) is 1.68. The van der Waals surface area contributed by atoms with E-state index >= 15 is 0 Å². The van der Waals surface area contributed by atoms with Crippen LogP contribution in [0.3, 0.4) is 0 Å². The van der Waals surface area contributed by atoms with Crippen LogP contribution in [0.15, 0.2) is 45.5 Å². The molecule has 0 atom stereocenters. The van der Waals surface area contributed by atoms with E-state index in [1.807, 2.05) is 0 Å². The zero-order valence-corrected chi connectivity index (χ0v) is 17.1. The monoisotopic (exact) mass is 430 g/mol. The van der Waals surface area contributed by atoms with Crippen molar-refractivity contribution in [1.82, 2.24) is 4.57 Å². The number of halogens is 1. The first-order valence-corrected chi connectivity index (χ1v) is 10.8. The highest BCUT2D eigenvalue weighted by Crippen LogP contribution is 2.33. The molecule has 0 saturated heterocycles. The lowest BCUT2D eigenvalue weighted by Crippen LogP contribution is -2.16. The summed E-state index contributed by atoms with van der Waals surface area (Å²) in [4.78, 5) is 0.333. The first kappa shape index (κ1) is 19.0. The topological polar surface area (TPSA) is 69.9 Å². The van der Waals surface area contributed by atoms with Crippen molar-refractivity contribution in [2.45, 2.75) is 10.8 Å². The van der Waals surface area contributed by atoms with E-state index in [-0.39, 0.29) is 4.21 Å². The van der Waals surface area contributed by atoms with Gasteiger partial charge in [0.15, 0.2) is 11.5 Å². The van der Waals surface area contributed by atoms with E-state index in [9.17, 15) is 8.42 Å². The SMILES string of the molecule is C=CCn1/c(=N/S(=O)(=O)c2ccc(Cl)s2)sc2cc(OC)c(OC)cc21. The van der Waals surface area contributed by atoms with Gasteiger partial charge in [0.25, 0.3) is 10.0 Å². The van der Waals surface area contributed by atoms with Crippen LogP contribution < -0.4 is 14.3 Å². The van der Waals surface area contributed by atoms with E-state index in [2.05, 4.69) is 11.0 Å². The average molecular weight is 431 g/mol. The van der Waals surface area contributed by atoms with E-state index < -0.39 is 10.0 Å². The molecule has 0 aliphatic carbocycles. The number of hydrogen-bond acceptors (Lipinski definition) is 6. The molecule has 0 N–H and O–H groups in total. The molecule has 0 aliphatic heterocycles. The maximum atomic E-state index is 12.6. The van der Waals surface area contributed by atoms with Gasteiger partial charge in [-0.05, 0) is 12.1 Å². The number of fused-ring (bicyclic) bond motifs is 1. The van der Waals surface area contributed by atoms with E-state index in [1.165, 1.54) is 23.5 Å². The highest BCUT2D eigenvalue weighted by atomic mass is 35.5. The van der Waals surface area contributed by atoms with Gasteiger partial charge in [-0.1, -0.05) is 29.0 Å². The Kier molecular flexibility index (Phi) is 5.42. The summed E-state index contributed by atoms with van der Waals surface area (Å²) in [6, 6.07) is 6.57. The standard InChI is InChI=1S/C16H15ClN2O4S3/c1-4-7-19-10-8-11(22-2)12(23-3)9-13(10)24-16(19)18-26(20,21)15-6-5-14(17)25-15/h4-6,8-9H,1,7H2,2-3H3/b18-16-. The molecule has 3 rings (SSSR count). The average Bonchev–Trinajstić information content (AvgIpc) is 3.18. The number of rotatable bonds is 6. The van der Waals surface area contributed by atoms with Crippen molar-refractivity contribution in [2.75, 3.05) is 14.2 Å². The molecule has 3 aromatic rings. The Morgan fingerprint density at radius 2 is 1.92 bits per heavy atom. The fourth-order valence-corrected chi connectivity index (χ4v) is 6.07. The molecule has 2 heterocycles. The Bertz CT molecular complexity index is 1140. The van der Waals surface area contributed by atoms with Gasteiger partial charge in [0.1, 0.15) is 4.21 Å². The van der Waals surface area contributed by atoms with Crippen molar-refractivity contribution in [3.63, 3.8) is 0 Å². The van der Waals surface area contributed by atoms with Crippen molar-refractivity contribution in [3.05, 3.63) is 46.1 Å². The number of methoxy groups -OCH3 is 2. The second-order valence-electron chi connectivity index (χ2n) is 5.08. The smallest absolute Gasteiger partial charge is 0.294 e. The van der Waals surface area contributed by atoms with Crippen LogP contribution >= 0.6 is 34.3 Å². The summed E-state index contributed by atoms with van der Waals surface area (Å²) in [7, 11) is -0.768. The fourth-order valence-electron chi connectivity index (χ4n) is 2.36. The van der Waals surface area contributed by atoms with Gasteiger partial charge in [0.05, 0.1) is 28.8 Å². The van der Waals surface area contributed by atoms with Crippen molar-refractivity contribution in [3.8, 4) is 11.5 Å². The number of sulfonamides is 1. The van der Waals surface area contributed by atoms with Gasteiger partial charge in [-0.2, -0.15) is 8.42 Å².